The molecule has 0 saturated carbocycles. The first kappa shape index (κ1) is 39.4. The van der Waals surface area contributed by atoms with Gasteiger partial charge in [0.15, 0.2) is 23.1 Å². The van der Waals surface area contributed by atoms with E-state index in [1.807, 2.05) is 12.1 Å². The maximum absolute atomic E-state index is 7.09. The predicted octanol–water partition coefficient (Wildman–Crippen LogP) is 16.9. The number of rotatable bonds is 6. The normalized spacial score (nSPS) is 11.9. The molecular formula is C65H39N5O. The first-order chi connectivity index (χ1) is 35.2. The third-order valence-electron chi connectivity index (χ3n) is 14.3. The fraction of sp³-hybridized carbons (Fsp3) is 0. The Morgan fingerprint density at radius 1 is 0.324 bits per heavy atom. The molecule has 0 aliphatic carbocycles. The summed E-state index contributed by atoms with van der Waals surface area (Å²) in [6, 6.07) is 83.8. The van der Waals surface area contributed by atoms with Gasteiger partial charge in [-0.15, -0.1) is 0 Å². The van der Waals surface area contributed by atoms with Crippen molar-refractivity contribution in [2.24, 2.45) is 0 Å². The number of para-hydroxylation sites is 3. The van der Waals surface area contributed by atoms with Crippen molar-refractivity contribution in [3.63, 3.8) is 0 Å². The largest absolute Gasteiger partial charge is 0.454 e. The highest BCUT2D eigenvalue weighted by molar-refractivity contribution is 6.22. The van der Waals surface area contributed by atoms with Crippen molar-refractivity contribution in [2.75, 3.05) is 0 Å². The standard InChI is InChI=1S/C65H39N5O/c1-3-15-40(16-4-1)41-27-29-43(30-28-41)63-66-64(46-32-33-50-49-23-11-13-25-55(49)69(57(50)39-46)47-20-5-2-6-21-47)68-65(67-63)53-35-36-56(62-60(53)52-24-12-14-26-59(52)71-62)70-58-38-45-19-8-7-18-44(45)37-54(58)51-34-31-42-17-9-10-22-48(42)61(51)70/h1-39H. The summed E-state index contributed by atoms with van der Waals surface area (Å²) in [6.45, 7) is 0. The van der Waals surface area contributed by atoms with Crippen LogP contribution in [0.4, 0.5) is 0 Å². The predicted molar refractivity (Wildman–Crippen MR) is 293 cm³/mol. The first-order valence-corrected chi connectivity index (χ1v) is 24.0. The minimum Gasteiger partial charge on any atom is -0.454 e. The Balaban J connectivity index is 1.000. The van der Waals surface area contributed by atoms with Crippen molar-refractivity contribution in [1.82, 2.24) is 24.1 Å². The van der Waals surface area contributed by atoms with E-state index in [2.05, 4.69) is 234 Å². The van der Waals surface area contributed by atoms with Crippen LogP contribution in [0.5, 0.6) is 0 Å². The maximum Gasteiger partial charge on any atom is 0.164 e. The topological polar surface area (TPSA) is 61.7 Å². The SMILES string of the molecule is c1ccc(-c2ccc(-c3nc(-c4ccc5c6ccccc6n(-c6ccccc6)c5c4)nc(-c4ccc(-n5c6cc7ccccc7cc6c6ccc7ccccc7c65)c5oc6ccccc6c45)n3)cc2)cc1. The number of hydrogen-bond donors (Lipinski definition) is 0. The Labute approximate surface area is 407 Å². The van der Waals surface area contributed by atoms with Crippen LogP contribution in [0.25, 0.3) is 144 Å². The minimum absolute atomic E-state index is 0.558. The highest BCUT2D eigenvalue weighted by Gasteiger charge is 2.25. The quantitative estimate of drug-likeness (QED) is 0.167. The van der Waals surface area contributed by atoms with Gasteiger partial charge in [-0.25, -0.2) is 15.0 Å². The number of benzene rings is 11. The molecule has 0 bridgehead atoms. The van der Waals surface area contributed by atoms with Gasteiger partial charge in [-0.1, -0.05) is 182 Å². The molecule has 71 heavy (non-hydrogen) atoms. The lowest BCUT2D eigenvalue weighted by Gasteiger charge is -2.14. The number of hydrogen-bond acceptors (Lipinski definition) is 4. The molecule has 0 saturated heterocycles. The molecule has 4 aromatic heterocycles. The van der Waals surface area contributed by atoms with Gasteiger partial charge < -0.3 is 13.6 Å². The summed E-state index contributed by atoms with van der Waals surface area (Å²) in [4.78, 5) is 16.2. The average Bonchev–Trinajstić information content (AvgIpc) is 4.10. The molecule has 0 aliphatic heterocycles. The third-order valence-corrected chi connectivity index (χ3v) is 14.3. The van der Waals surface area contributed by atoms with E-state index in [-0.39, 0.29) is 0 Å². The second-order valence-corrected chi connectivity index (χ2v) is 18.3. The van der Waals surface area contributed by atoms with Crippen molar-refractivity contribution in [1.29, 1.82) is 0 Å². The van der Waals surface area contributed by atoms with E-state index in [1.54, 1.807) is 0 Å². The Morgan fingerprint density at radius 2 is 0.901 bits per heavy atom. The maximum atomic E-state index is 7.09. The minimum atomic E-state index is 0.558. The fourth-order valence-corrected chi connectivity index (χ4v) is 11.1. The molecule has 15 rings (SSSR count). The number of nitrogens with zero attached hydrogens (tertiary/aromatic N) is 5. The van der Waals surface area contributed by atoms with Crippen molar-refractivity contribution < 1.29 is 4.42 Å². The van der Waals surface area contributed by atoms with Gasteiger partial charge in [0.1, 0.15) is 5.58 Å². The van der Waals surface area contributed by atoms with Crippen LogP contribution in [0, 0.1) is 0 Å². The van der Waals surface area contributed by atoms with Crippen molar-refractivity contribution >= 4 is 87.1 Å². The molecule has 15 aromatic rings. The van der Waals surface area contributed by atoms with Gasteiger partial charge >= 0.3 is 0 Å². The molecule has 0 radical (unpaired) electrons. The van der Waals surface area contributed by atoms with E-state index < -0.39 is 0 Å². The molecule has 0 unspecified atom stereocenters. The highest BCUT2D eigenvalue weighted by atomic mass is 16.3. The van der Waals surface area contributed by atoms with Crippen LogP contribution < -0.4 is 0 Å². The molecule has 6 heteroatoms. The zero-order chi connectivity index (χ0) is 46.6. The monoisotopic (exact) mass is 905 g/mol. The Kier molecular flexibility index (Phi) is 8.56. The van der Waals surface area contributed by atoms with Crippen molar-refractivity contribution in [3.8, 4) is 56.7 Å². The Bertz CT molecular complexity index is 4620. The fourth-order valence-electron chi connectivity index (χ4n) is 11.1. The molecule has 330 valence electrons. The zero-order valence-corrected chi connectivity index (χ0v) is 38.2. The van der Waals surface area contributed by atoms with Crippen LogP contribution in [0.2, 0.25) is 0 Å². The molecule has 0 spiro atoms. The summed E-state index contributed by atoms with van der Waals surface area (Å²) in [5.41, 5.74) is 12.9. The molecule has 0 fully saturated rings. The molecular weight excluding hydrogens is 867 g/mol. The van der Waals surface area contributed by atoms with Gasteiger partial charge in [-0.05, 0) is 81.9 Å². The van der Waals surface area contributed by atoms with Gasteiger partial charge in [0.25, 0.3) is 0 Å². The summed E-state index contributed by atoms with van der Waals surface area (Å²) in [7, 11) is 0. The second-order valence-electron chi connectivity index (χ2n) is 18.3. The summed E-state index contributed by atoms with van der Waals surface area (Å²) in [5, 5.41) is 11.4. The van der Waals surface area contributed by atoms with E-state index in [0.29, 0.717) is 17.5 Å². The third kappa shape index (κ3) is 6.11. The van der Waals surface area contributed by atoms with Gasteiger partial charge in [0.2, 0.25) is 0 Å². The number of fused-ring (bicyclic) bond motifs is 12. The van der Waals surface area contributed by atoms with Crippen molar-refractivity contribution in [3.05, 3.63) is 237 Å². The lowest BCUT2D eigenvalue weighted by atomic mass is 10.0. The second kappa shape index (κ2) is 15.4. The molecule has 0 N–H and O–H groups in total. The van der Waals surface area contributed by atoms with E-state index in [1.165, 1.54) is 37.7 Å². The zero-order valence-electron chi connectivity index (χ0n) is 38.2. The van der Waals surface area contributed by atoms with E-state index in [9.17, 15) is 0 Å². The summed E-state index contributed by atoms with van der Waals surface area (Å²) in [6.07, 6.45) is 0. The molecule has 0 atom stereocenters. The van der Waals surface area contributed by atoms with E-state index in [0.717, 1.165) is 88.6 Å². The average molecular weight is 906 g/mol. The highest BCUT2D eigenvalue weighted by Crippen LogP contribution is 2.45. The van der Waals surface area contributed by atoms with Crippen LogP contribution >= 0.6 is 0 Å². The smallest absolute Gasteiger partial charge is 0.164 e. The summed E-state index contributed by atoms with van der Waals surface area (Å²) >= 11 is 0. The lowest BCUT2D eigenvalue weighted by molar-refractivity contribution is 0.666. The van der Waals surface area contributed by atoms with Gasteiger partial charge in [-0.2, -0.15) is 0 Å². The van der Waals surface area contributed by atoms with Crippen LogP contribution in [0.3, 0.4) is 0 Å². The molecule has 6 nitrogen and oxygen atoms in total. The van der Waals surface area contributed by atoms with Crippen LogP contribution in [-0.2, 0) is 0 Å². The Hall–Kier alpha value is -9.65. The summed E-state index contributed by atoms with van der Waals surface area (Å²) in [5.74, 6) is 1.72. The first-order valence-electron chi connectivity index (χ1n) is 24.0. The van der Waals surface area contributed by atoms with Crippen molar-refractivity contribution in [2.45, 2.75) is 0 Å². The summed E-state index contributed by atoms with van der Waals surface area (Å²) < 4.78 is 11.8. The van der Waals surface area contributed by atoms with E-state index >= 15 is 0 Å². The number of furan rings is 1. The Morgan fingerprint density at radius 3 is 1.72 bits per heavy atom. The van der Waals surface area contributed by atoms with Gasteiger partial charge in [-0.3, -0.25) is 0 Å². The van der Waals surface area contributed by atoms with Crippen LogP contribution in [0.1, 0.15) is 0 Å². The lowest BCUT2D eigenvalue weighted by Crippen LogP contribution is -2.02. The molecule has 0 amide bonds. The van der Waals surface area contributed by atoms with E-state index in [4.69, 9.17) is 19.4 Å². The van der Waals surface area contributed by atoms with Gasteiger partial charge in [0.05, 0.1) is 27.8 Å². The number of aromatic nitrogens is 5. The van der Waals surface area contributed by atoms with Crippen LogP contribution in [-0.4, -0.2) is 24.1 Å². The molecule has 11 aromatic carbocycles. The molecule has 0 aliphatic rings. The molecule has 4 heterocycles. The van der Waals surface area contributed by atoms with Gasteiger partial charge in [0, 0.05) is 60.1 Å². The van der Waals surface area contributed by atoms with Crippen LogP contribution in [0.15, 0.2) is 241 Å².